The van der Waals surface area contributed by atoms with Crippen LogP contribution >= 0.6 is 0 Å². The van der Waals surface area contributed by atoms with Gasteiger partial charge in [-0.3, -0.25) is 9.59 Å². The standard InChI is InChI=1S/C21H22FN3O2/c1-14(26)24-20(11-16-12-23-19-10-6-4-8-17(16)19)21(27)25(2)13-15-7-3-5-9-18(15)22/h3-10,12,20,23H,11,13H2,1-2H3,(H,24,26). The number of carbonyl (C=O) groups is 2. The maximum Gasteiger partial charge on any atom is 0.245 e. The second-order valence-corrected chi connectivity index (χ2v) is 6.60. The highest BCUT2D eigenvalue weighted by atomic mass is 19.1. The molecule has 3 aromatic rings. The first-order chi connectivity index (χ1) is 13.0. The van der Waals surface area contributed by atoms with Gasteiger partial charge in [0, 0.05) is 49.6 Å². The Hall–Kier alpha value is -3.15. The number of likely N-dealkylation sites (N-methyl/N-ethyl adjacent to an activating group) is 1. The molecule has 0 saturated heterocycles. The maximum atomic E-state index is 13.9. The Kier molecular flexibility index (Phi) is 5.54. The smallest absolute Gasteiger partial charge is 0.245 e. The average Bonchev–Trinajstić information content (AvgIpc) is 3.05. The number of aromatic amines is 1. The summed E-state index contributed by atoms with van der Waals surface area (Å²) < 4.78 is 13.9. The number of hydrogen-bond acceptors (Lipinski definition) is 2. The van der Waals surface area contributed by atoms with E-state index in [4.69, 9.17) is 0 Å². The molecular weight excluding hydrogens is 345 g/mol. The van der Waals surface area contributed by atoms with Crippen LogP contribution < -0.4 is 5.32 Å². The van der Waals surface area contributed by atoms with Gasteiger partial charge in [-0.25, -0.2) is 4.39 Å². The van der Waals surface area contributed by atoms with Gasteiger partial charge >= 0.3 is 0 Å². The van der Waals surface area contributed by atoms with E-state index in [1.54, 1.807) is 25.2 Å². The Labute approximate surface area is 157 Å². The zero-order valence-corrected chi connectivity index (χ0v) is 15.3. The molecule has 6 heteroatoms. The van der Waals surface area contributed by atoms with Gasteiger partial charge in [0.15, 0.2) is 0 Å². The highest BCUT2D eigenvalue weighted by Crippen LogP contribution is 2.20. The molecule has 5 nitrogen and oxygen atoms in total. The van der Waals surface area contributed by atoms with Crippen LogP contribution in [0.15, 0.2) is 54.7 Å². The minimum Gasteiger partial charge on any atom is -0.361 e. The molecule has 140 valence electrons. The molecule has 1 aromatic heterocycles. The van der Waals surface area contributed by atoms with Crippen LogP contribution in [0.25, 0.3) is 10.9 Å². The second-order valence-electron chi connectivity index (χ2n) is 6.60. The molecule has 0 aliphatic rings. The van der Waals surface area contributed by atoms with Crippen LogP contribution in [0.3, 0.4) is 0 Å². The fourth-order valence-corrected chi connectivity index (χ4v) is 3.19. The lowest BCUT2D eigenvalue weighted by Crippen LogP contribution is -2.47. The van der Waals surface area contributed by atoms with E-state index in [1.165, 1.54) is 17.9 Å². The van der Waals surface area contributed by atoms with Crippen molar-refractivity contribution in [3.63, 3.8) is 0 Å². The third-order valence-corrected chi connectivity index (χ3v) is 4.52. The second kappa shape index (κ2) is 8.03. The zero-order chi connectivity index (χ0) is 19.4. The molecule has 0 fully saturated rings. The number of rotatable bonds is 6. The monoisotopic (exact) mass is 367 g/mol. The number of nitrogens with zero attached hydrogens (tertiary/aromatic N) is 1. The molecule has 2 aromatic carbocycles. The molecule has 0 saturated carbocycles. The number of carbonyl (C=O) groups excluding carboxylic acids is 2. The predicted octanol–water partition coefficient (Wildman–Crippen LogP) is 3.01. The Morgan fingerprint density at radius 1 is 1.11 bits per heavy atom. The lowest BCUT2D eigenvalue weighted by atomic mass is 10.0. The van der Waals surface area contributed by atoms with Crippen LogP contribution in [0, 0.1) is 5.82 Å². The van der Waals surface area contributed by atoms with Gasteiger partial charge in [-0.05, 0) is 17.7 Å². The Bertz CT molecular complexity index is 967. The quantitative estimate of drug-likeness (QED) is 0.703. The molecule has 1 heterocycles. The van der Waals surface area contributed by atoms with Crippen molar-refractivity contribution in [2.24, 2.45) is 0 Å². The number of halogens is 1. The number of benzene rings is 2. The lowest BCUT2D eigenvalue weighted by molar-refractivity contribution is -0.135. The molecule has 0 radical (unpaired) electrons. The van der Waals surface area contributed by atoms with E-state index in [0.717, 1.165) is 16.5 Å². The molecule has 1 unspecified atom stereocenters. The average molecular weight is 367 g/mol. The third-order valence-electron chi connectivity index (χ3n) is 4.52. The number of amides is 2. The van der Waals surface area contributed by atoms with Crippen molar-refractivity contribution >= 4 is 22.7 Å². The molecule has 0 aliphatic carbocycles. The molecule has 0 spiro atoms. The highest BCUT2D eigenvalue weighted by molar-refractivity contribution is 5.89. The molecular formula is C21H22FN3O2. The fraction of sp³-hybridized carbons (Fsp3) is 0.238. The predicted molar refractivity (Wildman–Crippen MR) is 102 cm³/mol. The first-order valence-electron chi connectivity index (χ1n) is 8.76. The van der Waals surface area contributed by atoms with Gasteiger partial charge in [0.25, 0.3) is 0 Å². The van der Waals surface area contributed by atoms with E-state index in [-0.39, 0.29) is 24.2 Å². The summed E-state index contributed by atoms with van der Waals surface area (Å²) in [6.45, 7) is 1.52. The van der Waals surface area contributed by atoms with Gasteiger partial charge in [-0.15, -0.1) is 0 Å². The van der Waals surface area contributed by atoms with E-state index < -0.39 is 6.04 Å². The SMILES string of the molecule is CC(=O)NC(Cc1c[nH]c2ccccc12)C(=O)N(C)Cc1ccccc1F. The van der Waals surface area contributed by atoms with E-state index in [1.807, 2.05) is 30.5 Å². The third kappa shape index (κ3) is 4.34. The normalized spacial score (nSPS) is 12.0. The largest absolute Gasteiger partial charge is 0.361 e. The first-order valence-corrected chi connectivity index (χ1v) is 8.76. The summed E-state index contributed by atoms with van der Waals surface area (Å²) >= 11 is 0. The molecule has 0 bridgehead atoms. The summed E-state index contributed by atoms with van der Waals surface area (Å²) in [6.07, 6.45) is 2.20. The Morgan fingerprint density at radius 2 is 1.81 bits per heavy atom. The van der Waals surface area contributed by atoms with Crippen molar-refractivity contribution in [2.75, 3.05) is 7.05 Å². The maximum absolute atomic E-state index is 13.9. The topological polar surface area (TPSA) is 65.2 Å². The minimum absolute atomic E-state index is 0.134. The number of nitrogens with one attached hydrogen (secondary N) is 2. The van der Waals surface area contributed by atoms with Crippen LogP contribution in [0.5, 0.6) is 0 Å². The van der Waals surface area contributed by atoms with Gasteiger partial charge in [-0.1, -0.05) is 36.4 Å². The molecule has 27 heavy (non-hydrogen) atoms. The van der Waals surface area contributed by atoms with E-state index in [2.05, 4.69) is 10.3 Å². The molecule has 2 N–H and O–H groups in total. The van der Waals surface area contributed by atoms with Crippen LogP contribution in [-0.4, -0.2) is 34.8 Å². The van der Waals surface area contributed by atoms with Crippen LogP contribution in [0.4, 0.5) is 4.39 Å². The lowest BCUT2D eigenvalue weighted by Gasteiger charge is -2.24. The van der Waals surface area contributed by atoms with Crippen molar-refractivity contribution in [1.29, 1.82) is 0 Å². The first kappa shape index (κ1) is 18.6. The molecule has 3 rings (SSSR count). The van der Waals surface area contributed by atoms with Gasteiger partial charge in [0.05, 0.1) is 0 Å². The summed E-state index contributed by atoms with van der Waals surface area (Å²) in [7, 11) is 1.61. The number of para-hydroxylation sites is 1. The molecule has 2 amide bonds. The van der Waals surface area contributed by atoms with Crippen LogP contribution in [0.2, 0.25) is 0 Å². The van der Waals surface area contributed by atoms with Gasteiger partial charge in [0.2, 0.25) is 11.8 Å². The summed E-state index contributed by atoms with van der Waals surface area (Å²) in [5.41, 5.74) is 2.35. The van der Waals surface area contributed by atoms with Crippen molar-refractivity contribution in [1.82, 2.24) is 15.2 Å². The summed E-state index contributed by atoms with van der Waals surface area (Å²) in [5.74, 6) is -0.906. The molecule has 0 aliphatic heterocycles. The van der Waals surface area contributed by atoms with Crippen molar-refractivity contribution in [3.05, 3.63) is 71.7 Å². The van der Waals surface area contributed by atoms with Gasteiger partial charge in [-0.2, -0.15) is 0 Å². The van der Waals surface area contributed by atoms with Crippen molar-refractivity contribution in [2.45, 2.75) is 25.9 Å². The highest BCUT2D eigenvalue weighted by Gasteiger charge is 2.25. The van der Waals surface area contributed by atoms with E-state index in [0.29, 0.717) is 12.0 Å². The minimum atomic E-state index is -0.724. The Morgan fingerprint density at radius 3 is 2.56 bits per heavy atom. The zero-order valence-electron chi connectivity index (χ0n) is 15.3. The summed E-state index contributed by atoms with van der Waals surface area (Å²) in [5, 5.41) is 3.74. The number of hydrogen-bond donors (Lipinski definition) is 2. The summed E-state index contributed by atoms with van der Waals surface area (Å²) in [4.78, 5) is 29.2. The van der Waals surface area contributed by atoms with Gasteiger partial charge in [0.1, 0.15) is 11.9 Å². The van der Waals surface area contributed by atoms with Crippen LogP contribution in [0.1, 0.15) is 18.1 Å². The number of aromatic nitrogens is 1. The number of fused-ring (bicyclic) bond motifs is 1. The fourth-order valence-electron chi connectivity index (χ4n) is 3.19. The summed E-state index contributed by atoms with van der Waals surface area (Å²) in [6, 6.07) is 13.4. The van der Waals surface area contributed by atoms with Gasteiger partial charge < -0.3 is 15.2 Å². The van der Waals surface area contributed by atoms with Crippen molar-refractivity contribution in [3.8, 4) is 0 Å². The number of H-pyrrole nitrogens is 1. The van der Waals surface area contributed by atoms with E-state index >= 15 is 0 Å². The van der Waals surface area contributed by atoms with Crippen LogP contribution in [-0.2, 0) is 22.6 Å². The van der Waals surface area contributed by atoms with E-state index in [9.17, 15) is 14.0 Å². The molecule has 1 atom stereocenters. The van der Waals surface area contributed by atoms with Crippen molar-refractivity contribution < 1.29 is 14.0 Å². The Balaban J connectivity index is 1.80.